The second kappa shape index (κ2) is 7.44. The lowest BCUT2D eigenvalue weighted by atomic mass is 9.83. The third-order valence-electron chi connectivity index (χ3n) is 5.04. The Morgan fingerprint density at radius 3 is 2.62 bits per heavy atom. The van der Waals surface area contributed by atoms with Crippen LogP contribution in [0.3, 0.4) is 0 Å². The SMILES string of the molecule is CCC1CCCCC1n1nc(C)c(CNCC(C)C)c1C. The topological polar surface area (TPSA) is 29.9 Å². The Hall–Kier alpha value is -0.830. The summed E-state index contributed by atoms with van der Waals surface area (Å²) >= 11 is 0. The molecule has 2 rings (SSSR count). The normalized spacial score (nSPS) is 23.0. The van der Waals surface area contributed by atoms with E-state index in [1.165, 1.54) is 49.1 Å². The monoisotopic (exact) mass is 291 g/mol. The Kier molecular flexibility index (Phi) is 5.86. The highest BCUT2D eigenvalue weighted by Gasteiger charge is 2.28. The maximum atomic E-state index is 4.91. The molecule has 0 spiro atoms. The molecule has 21 heavy (non-hydrogen) atoms. The molecule has 3 nitrogen and oxygen atoms in total. The van der Waals surface area contributed by atoms with Gasteiger partial charge in [0.2, 0.25) is 0 Å². The van der Waals surface area contributed by atoms with Gasteiger partial charge in [0.25, 0.3) is 0 Å². The molecule has 3 heteroatoms. The van der Waals surface area contributed by atoms with Gasteiger partial charge in [-0.15, -0.1) is 0 Å². The van der Waals surface area contributed by atoms with Crippen molar-refractivity contribution in [2.75, 3.05) is 6.54 Å². The summed E-state index contributed by atoms with van der Waals surface area (Å²) in [5.74, 6) is 1.51. The van der Waals surface area contributed by atoms with E-state index >= 15 is 0 Å². The van der Waals surface area contributed by atoms with Crippen LogP contribution >= 0.6 is 0 Å². The molecule has 1 saturated carbocycles. The van der Waals surface area contributed by atoms with E-state index in [2.05, 4.69) is 44.6 Å². The fourth-order valence-electron chi connectivity index (χ4n) is 3.75. The molecule has 0 bridgehead atoms. The highest BCUT2D eigenvalue weighted by atomic mass is 15.3. The van der Waals surface area contributed by atoms with Gasteiger partial charge >= 0.3 is 0 Å². The van der Waals surface area contributed by atoms with Crippen molar-refractivity contribution in [2.24, 2.45) is 11.8 Å². The van der Waals surface area contributed by atoms with Gasteiger partial charge in [-0.05, 0) is 45.1 Å². The van der Waals surface area contributed by atoms with Crippen LogP contribution in [0.4, 0.5) is 0 Å². The number of nitrogens with one attached hydrogen (secondary N) is 1. The van der Waals surface area contributed by atoms with Gasteiger partial charge in [-0.3, -0.25) is 4.68 Å². The van der Waals surface area contributed by atoms with Gasteiger partial charge in [0.15, 0.2) is 0 Å². The van der Waals surface area contributed by atoms with Gasteiger partial charge < -0.3 is 5.32 Å². The predicted octanol–water partition coefficient (Wildman–Crippen LogP) is 4.39. The van der Waals surface area contributed by atoms with Crippen LogP contribution in [0.1, 0.15) is 75.9 Å². The van der Waals surface area contributed by atoms with E-state index in [-0.39, 0.29) is 0 Å². The molecule has 1 N–H and O–H groups in total. The Bertz CT molecular complexity index is 448. The molecular formula is C18H33N3. The number of nitrogens with zero attached hydrogens (tertiary/aromatic N) is 2. The van der Waals surface area contributed by atoms with Crippen LogP contribution in [-0.2, 0) is 6.54 Å². The first-order valence-electron chi connectivity index (χ1n) is 8.79. The summed E-state index contributed by atoms with van der Waals surface area (Å²) in [7, 11) is 0. The third kappa shape index (κ3) is 3.88. The summed E-state index contributed by atoms with van der Waals surface area (Å²) in [5, 5.41) is 8.48. The van der Waals surface area contributed by atoms with Gasteiger partial charge in [0.1, 0.15) is 0 Å². The van der Waals surface area contributed by atoms with E-state index in [9.17, 15) is 0 Å². The molecule has 0 radical (unpaired) electrons. The standard InChI is InChI=1S/C18H33N3/c1-6-16-9-7-8-10-18(16)21-15(5)17(14(4)20-21)12-19-11-13(2)3/h13,16,18-19H,6-12H2,1-5H3. The molecule has 1 aliphatic carbocycles. The molecule has 1 heterocycles. The van der Waals surface area contributed by atoms with E-state index in [1.54, 1.807) is 0 Å². The summed E-state index contributed by atoms with van der Waals surface area (Å²) in [5.41, 5.74) is 4.01. The third-order valence-corrected chi connectivity index (χ3v) is 5.04. The highest BCUT2D eigenvalue weighted by molar-refractivity contribution is 5.25. The van der Waals surface area contributed by atoms with E-state index < -0.39 is 0 Å². The van der Waals surface area contributed by atoms with Gasteiger partial charge in [0.05, 0.1) is 11.7 Å². The summed E-state index contributed by atoms with van der Waals surface area (Å²) < 4.78 is 2.36. The molecule has 1 aromatic rings. The summed E-state index contributed by atoms with van der Waals surface area (Å²) in [6, 6.07) is 0.626. The Morgan fingerprint density at radius 1 is 1.24 bits per heavy atom. The summed E-state index contributed by atoms with van der Waals surface area (Å²) in [6.45, 7) is 13.3. The first-order valence-corrected chi connectivity index (χ1v) is 8.79. The molecule has 0 saturated heterocycles. The van der Waals surface area contributed by atoms with Crippen molar-refractivity contribution in [3.05, 3.63) is 17.0 Å². The number of aryl methyl sites for hydroxylation is 1. The maximum Gasteiger partial charge on any atom is 0.0641 e. The van der Waals surface area contributed by atoms with Crippen LogP contribution in [-0.4, -0.2) is 16.3 Å². The number of hydrogen-bond acceptors (Lipinski definition) is 2. The Balaban J connectivity index is 2.13. The van der Waals surface area contributed by atoms with Gasteiger partial charge in [-0.1, -0.05) is 40.0 Å². The van der Waals surface area contributed by atoms with Crippen molar-refractivity contribution in [1.82, 2.24) is 15.1 Å². The lowest BCUT2D eigenvalue weighted by molar-refractivity contribution is 0.214. The van der Waals surface area contributed by atoms with Crippen LogP contribution < -0.4 is 5.32 Å². The molecule has 2 atom stereocenters. The minimum atomic E-state index is 0.626. The first-order chi connectivity index (χ1) is 10.0. The molecule has 1 aliphatic rings. The quantitative estimate of drug-likeness (QED) is 0.842. The molecule has 1 fully saturated rings. The fraction of sp³-hybridized carbons (Fsp3) is 0.833. The largest absolute Gasteiger partial charge is 0.312 e. The minimum Gasteiger partial charge on any atom is -0.312 e. The molecular weight excluding hydrogens is 258 g/mol. The molecule has 0 aromatic carbocycles. The van der Waals surface area contributed by atoms with E-state index in [0.717, 1.165) is 19.0 Å². The number of rotatable bonds is 6. The molecule has 0 aliphatic heterocycles. The summed E-state index contributed by atoms with van der Waals surface area (Å²) in [6.07, 6.45) is 6.72. The van der Waals surface area contributed by atoms with E-state index in [1.807, 2.05) is 0 Å². The van der Waals surface area contributed by atoms with Crippen molar-refractivity contribution in [3.8, 4) is 0 Å². The van der Waals surface area contributed by atoms with Crippen molar-refractivity contribution in [2.45, 2.75) is 79.3 Å². The predicted molar refractivity (Wildman–Crippen MR) is 89.5 cm³/mol. The second-order valence-corrected chi connectivity index (χ2v) is 7.14. The minimum absolute atomic E-state index is 0.626. The van der Waals surface area contributed by atoms with Crippen LogP contribution in [0.2, 0.25) is 0 Å². The Morgan fingerprint density at radius 2 is 1.95 bits per heavy atom. The van der Waals surface area contributed by atoms with Gasteiger partial charge in [0, 0.05) is 17.8 Å². The van der Waals surface area contributed by atoms with Crippen molar-refractivity contribution < 1.29 is 0 Å². The molecule has 120 valence electrons. The van der Waals surface area contributed by atoms with Gasteiger partial charge in [-0.2, -0.15) is 5.10 Å². The fourth-order valence-corrected chi connectivity index (χ4v) is 3.75. The van der Waals surface area contributed by atoms with Crippen LogP contribution in [0.5, 0.6) is 0 Å². The molecule has 0 amide bonds. The van der Waals surface area contributed by atoms with Crippen LogP contribution in [0.15, 0.2) is 0 Å². The van der Waals surface area contributed by atoms with E-state index in [0.29, 0.717) is 12.0 Å². The highest BCUT2D eigenvalue weighted by Crippen LogP contribution is 2.37. The van der Waals surface area contributed by atoms with Crippen molar-refractivity contribution in [1.29, 1.82) is 0 Å². The molecule has 2 unspecified atom stereocenters. The number of hydrogen-bond donors (Lipinski definition) is 1. The second-order valence-electron chi connectivity index (χ2n) is 7.14. The maximum absolute atomic E-state index is 4.91. The zero-order valence-electron chi connectivity index (χ0n) is 14.6. The summed E-state index contributed by atoms with van der Waals surface area (Å²) in [4.78, 5) is 0. The first kappa shape index (κ1) is 16.5. The Labute approximate surface area is 130 Å². The number of aromatic nitrogens is 2. The zero-order chi connectivity index (χ0) is 15.4. The van der Waals surface area contributed by atoms with Crippen LogP contribution in [0.25, 0.3) is 0 Å². The van der Waals surface area contributed by atoms with Crippen molar-refractivity contribution in [3.63, 3.8) is 0 Å². The van der Waals surface area contributed by atoms with Gasteiger partial charge in [-0.25, -0.2) is 0 Å². The van der Waals surface area contributed by atoms with Crippen molar-refractivity contribution >= 4 is 0 Å². The smallest absolute Gasteiger partial charge is 0.0641 e. The average molecular weight is 291 g/mol. The average Bonchev–Trinajstić information content (AvgIpc) is 2.74. The lowest BCUT2D eigenvalue weighted by Crippen LogP contribution is -2.25. The van der Waals surface area contributed by atoms with E-state index in [4.69, 9.17) is 5.10 Å². The lowest BCUT2D eigenvalue weighted by Gasteiger charge is -2.32. The van der Waals surface area contributed by atoms with Crippen LogP contribution in [0, 0.1) is 25.7 Å². The molecule has 1 aromatic heterocycles. The zero-order valence-corrected chi connectivity index (χ0v) is 14.6.